The predicted octanol–water partition coefficient (Wildman–Crippen LogP) is 3.88. The van der Waals surface area contributed by atoms with Gasteiger partial charge in [-0.1, -0.05) is 6.58 Å². The Morgan fingerprint density at radius 3 is 1.29 bits per heavy atom. The summed E-state index contributed by atoms with van der Waals surface area (Å²) < 4.78 is 167. The van der Waals surface area contributed by atoms with Crippen LogP contribution >= 0.6 is 0 Å². The number of ether oxygens (including phenoxy) is 1. The van der Waals surface area contributed by atoms with Gasteiger partial charge in [0, 0.05) is 6.08 Å². The van der Waals surface area contributed by atoms with Crippen molar-refractivity contribution in [3.63, 3.8) is 0 Å². The van der Waals surface area contributed by atoms with Gasteiger partial charge in [-0.05, 0) is 20.8 Å². The second-order valence-corrected chi connectivity index (χ2v) is 9.66. The Labute approximate surface area is 188 Å². The third-order valence-electron chi connectivity index (χ3n) is 4.16. The maximum absolute atomic E-state index is 12.3. The van der Waals surface area contributed by atoms with E-state index in [1.807, 2.05) is 0 Å². The molecule has 0 heterocycles. The topological polar surface area (TPSA) is 109 Å². The molecule has 0 aromatic carbocycles. The molecule has 0 fully saturated rings. The van der Waals surface area contributed by atoms with Crippen molar-refractivity contribution in [3.05, 3.63) is 16.8 Å². The molecule has 0 saturated heterocycles. The first kappa shape index (κ1) is 34.5. The average Bonchev–Trinajstić information content (AvgIpc) is 2.67. The molecule has 0 atom stereocenters. The summed E-state index contributed by atoms with van der Waals surface area (Å²) >= 11 is 0. The van der Waals surface area contributed by atoms with Crippen molar-refractivity contribution in [3.8, 4) is 0 Å². The van der Waals surface area contributed by atoms with E-state index in [2.05, 4.69) is 27.4 Å². The molecule has 0 amide bonds. The number of quaternary nitrogens is 1. The van der Waals surface area contributed by atoms with Crippen LogP contribution < -0.4 is 0 Å². The van der Waals surface area contributed by atoms with Gasteiger partial charge in [-0.15, -0.1) is 0 Å². The molecule has 20 heteroatoms. The van der Waals surface area contributed by atoms with Crippen LogP contribution in [0.3, 0.4) is 0 Å². The third-order valence-corrected chi connectivity index (χ3v) is 7.49. The largest absolute Gasteiger partial charge is 0.467 e. The smallest absolute Gasteiger partial charge is 0.425 e. The van der Waals surface area contributed by atoms with Gasteiger partial charge in [-0.3, -0.25) is 4.48 Å². The van der Waals surface area contributed by atoms with Crippen molar-refractivity contribution in [2.75, 3.05) is 26.4 Å². The van der Waals surface area contributed by atoms with Crippen molar-refractivity contribution >= 4 is 26.0 Å². The molecule has 0 aliphatic heterocycles. The molecule has 0 radical (unpaired) electrons. The van der Waals surface area contributed by atoms with E-state index in [9.17, 15) is 65.5 Å². The highest BCUT2D eigenvalue weighted by atomic mass is 32.3. The molecule has 0 rings (SSSR count). The number of carbonyl (C=O) groups excluding carboxylic acids is 1. The van der Waals surface area contributed by atoms with Gasteiger partial charge in [0.25, 0.3) is 0 Å². The average molecular weight is 566 g/mol. The zero-order chi connectivity index (χ0) is 28.0. The van der Waals surface area contributed by atoms with Gasteiger partial charge in [0.2, 0.25) is 6.73 Å². The second kappa shape index (κ2) is 11.4. The van der Waals surface area contributed by atoms with E-state index in [0.29, 0.717) is 10.9 Å². The van der Waals surface area contributed by atoms with Crippen LogP contribution in [0.15, 0.2) is 12.7 Å². The van der Waals surface area contributed by atoms with Gasteiger partial charge in [-0.25, -0.2) is 21.6 Å². The van der Waals surface area contributed by atoms with Crippen molar-refractivity contribution in [2.24, 2.45) is 0 Å². The Morgan fingerprint density at radius 1 is 0.794 bits per heavy atom. The monoisotopic (exact) mass is 566 g/mol. The number of halogens is 10. The maximum atomic E-state index is 12.3. The lowest BCUT2D eigenvalue weighted by Crippen LogP contribution is -2.49. The zero-order valence-electron chi connectivity index (χ0n) is 17.6. The highest BCUT2D eigenvalue weighted by Crippen LogP contribution is 2.47. The number of nitrogens with zero attached hydrogens (tertiary/aromatic N) is 2. The predicted molar refractivity (Wildman–Crippen MR) is 96.2 cm³/mol. The molecule has 0 aliphatic carbocycles. The molecular weight excluding hydrogens is 546 g/mol. The number of alkyl halides is 10. The SMILES string of the molecule is C=CC(=O)OC[N+](CC)(CC)CC.O=S(=O)([N-]S(=O)(=O)C(F)(F)C(F)(F)F)C(F)(F)C(F)(F)F. The van der Waals surface area contributed by atoms with Gasteiger partial charge in [0.15, 0.2) is 20.0 Å². The Balaban J connectivity index is 0. The minimum atomic E-state index is -7.62. The van der Waals surface area contributed by atoms with E-state index in [4.69, 9.17) is 4.74 Å². The number of rotatable bonds is 10. The molecule has 0 aromatic heterocycles. The van der Waals surface area contributed by atoms with Crippen molar-refractivity contribution < 1.29 is 74.8 Å². The second-order valence-electron chi connectivity index (χ2n) is 6.14. The van der Waals surface area contributed by atoms with Crippen LogP contribution in [0.4, 0.5) is 43.9 Å². The minimum Gasteiger partial charge on any atom is -0.425 e. The fourth-order valence-electron chi connectivity index (χ4n) is 1.72. The normalized spacial score (nSPS) is 14.1. The van der Waals surface area contributed by atoms with Crippen LogP contribution in [0.5, 0.6) is 0 Å². The van der Waals surface area contributed by atoms with Crippen LogP contribution in [0.25, 0.3) is 4.13 Å². The molecule has 0 aromatic rings. The fraction of sp³-hybridized carbons (Fsp3) is 0.786. The van der Waals surface area contributed by atoms with Crippen molar-refractivity contribution in [1.29, 1.82) is 0 Å². The van der Waals surface area contributed by atoms with Crippen LogP contribution in [0, 0.1) is 0 Å². The Kier molecular flexibility index (Phi) is 11.5. The molecule has 34 heavy (non-hydrogen) atoms. The molecule has 204 valence electrons. The number of hydrogen-bond donors (Lipinski definition) is 0. The summed E-state index contributed by atoms with van der Waals surface area (Å²) in [5.74, 6) is -0.335. The molecule has 0 spiro atoms. The highest BCUT2D eigenvalue weighted by Gasteiger charge is 2.68. The summed E-state index contributed by atoms with van der Waals surface area (Å²) in [6.45, 7) is 13.1. The van der Waals surface area contributed by atoms with Crippen LogP contribution in [-0.4, -0.2) is 76.5 Å². The van der Waals surface area contributed by atoms with E-state index < -0.39 is 42.9 Å². The first-order valence-electron chi connectivity index (χ1n) is 8.61. The first-order chi connectivity index (χ1) is 14.8. The fourth-order valence-corrected chi connectivity index (χ4v) is 4.09. The zero-order valence-corrected chi connectivity index (χ0v) is 19.2. The Hall–Kier alpha value is -1.67. The van der Waals surface area contributed by atoms with Crippen molar-refractivity contribution in [1.82, 2.24) is 0 Å². The highest BCUT2D eigenvalue weighted by molar-refractivity contribution is 8.13. The van der Waals surface area contributed by atoms with Gasteiger partial charge < -0.3 is 8.86 Å². The van der Waals surface area contributed by atoms with Crippen LogP contribution in [0.1, 0.15) is 20.8 Å². The molecule has 8 nitrogen and oxygen atoms in total. The lowest BCUT2D eigenvalue weighted by Gasteiger charge is -2.34. The van der Waals surface area contributed by atoms with Crippen LogP contribution in [-0.2, 0) is 29.6 Å². The summed E-state index contributed by atoms with van der Waals surface area (Å²) in [7, 11) is -15.2. The molecule has 0 aliphatic rings. The van der Waals surface area contributed by atoms with Crippen LogP contribution in [0.2, 0.25) is 0 Å². The minimum absolute atomic E-state index is 0.335. The van der Waals surface area contributed by atoms with E-state index in [1.54, 1.807) is 0 Å². The number of esters is 1. The molecular formula is C14H20F10N2O6S2. The van der Waals surface area contributed by atoms with E-state index in [1.165, 1.54) is 6.08 Å². The Bertz CT molecular complexity index is 848. The summed E-state index contributed by atoms with van der Waals surface area (Å²) in [4.78, 5) is 10.9. The third kappa shape index (κ3) is 7.94. The van der Waals surface area contributed by atoms with Crippen molar-refractivity contribution in [2.45, 2.75) is 43.6 Å². The van der Waals surface area contributed by atoms with Gasteiger partial charge >= 0.3 is 28.8 Å². The van der Waals surface area contributed by atoms with E-state index >= 15 is 0 Å². The quantitative estimate of drug-likeness (QED) is 0.131. The maximum Gasteiger partial charge on any atom is 0.467 e. The lowest BCUT2D eigenvalue weighted by molar-refractivity contribution is -0.938. The van der Waals surface area contributed by atoms with Gasteiger partial charge in [0.1, 0.15) is 0 Å². The van der Waals surface area contributed by atoms with E-state index in [-0.39, 0.29) is 5.97 Å². The lowest BCUT2D eigenvalue weighted by atomic mass is 10.4. The molecule has 0 unspecified atom stereocenters. The molecule has 0 bridgehead atoms. The summed E-state index contributed by atoms with van der Waals surface area (Å²) in [5, 5.41) is -14.0. The number of hydrogen-bond acceptors (Lipinski definition) is 6. The van der Waals surface area contributed by atoms with Gasteiger partial charge in [-0.2, -0.15) is 43.9 Å². The molecule has 0 N–H and O–H groups in total. The Morgan fingerprint density at radius 2 is 1.09 bits per heavy atom. The summed E-state index contributed by atoms with van der Waals surface area (Å²) in [6.07, 6.45) is -12.8. The number of carbonyl (C=O) groups is 1. The first-order valence-corrected chi connectivity index (χ1v) is 11.5. The van der Waals surface area contributed by atoms with Gasteiger partial charge in [0.05, 0.1) is 19.6 Å². The molecule has 0 saturated carbocycles. The van der Waals surface area contributed by atoms with E-state index in [0.717, 1.165) is 24.1 Å². The summed E-state index contributed by atoms with van der Waals surface area (Å²) in [6, 6.07) is 0. The summed E-state index contributed by atoms with van der Waals surface area (Å²) in [5.41, 5.74) is 0. The number of sulfonamides is 2. The standard InChI is InChI=1S/C10H20NO2.C4F10NO4S2/c1-5-10(12)13-9-11(6-2,7-3)8-4;5-1(6,7)3(11,12)20(16,17)15-21(18,19)4(13,14)2(8,9)10/h5H,1,6-9H2,2-4H3;/q+1;-1.